The first kappa shape index (κ1) is 12.6. The van der Waals surface area contributed by atoms with E-state index in [4.69, 9.17) is 4.74 Å². The van der Waals surface area contributed by atoms with Crippen molar-refractivity contribution in [1.29, 1.82) is 0 Å². The van der Waals surface area contributed by atoms with Crippen molar-refractivity contribution in [2.45, 2.75) is 18.1 Å². The summed E-state index contributed by atoms with van der Waals surface area (Å²) in [4.78, 5) is 4.50. The van der Waals surface area contributed by atoms with E-state index in [0.717, 1.165) is 22.2 Å². The number of benzene rings is 1. The highest BCUT2D eigenvalue weighted by Gasteiger charge is 2.01. The summed E-state index contributed by atoms with van der Waals surface area (Å²) in [5, 5.41) is 3.18. The summed E-state index contributed by atoms with van der Waals surface area (Å²) in [7, 11) is 1.70. The number of ether oxygens (including phenoxy) is 1. The van der Waals surface area contributed by atoms with Crippen LogP contribution in [0.15, 0.2) is 35.7 Å². The van der Waals surface area contributed by atoms with E-state index in [-0.39, 0.29) is 0 Å². The van der Waals surface area contributed by atoms with E-state index in [0.29, 0.717) is 6.61 Å². The number of thiazole rings is 1. The number of nitrogens with zero attached hydrogens (tertiary/aromatic N) is 1. The molecule has 90 valence electrons. The Morgan fingerprint density at radius 1 is 1.24 bits per heavy atom. The molecule has 0 spiro atoms. The molecule has 2 nitrogen and oxygen atoms in total. The Kier molecular flexibility index (Phi) is 5.04. The summed E-state index contributed by atoms with van der Waals surface area (Å²) in [6.07, 6.45) is 0. The Hall–Kier alpha value is -0.840. The average Bonchev–Trinajstić information content (AvgIpc) is 2.79. The second kappa shape index (κ2) is 6.79. The molecule has 0 bridgehead atoms. The van der Waals surface area contributed by atoms with Crippen molar-refractivity contribution in [1.82, 2.24) is 4.98 Å². The van der Waals surface area contributed by atoms with Crippen LogP contribution in [0, 0.1) is 0 Å². The third-order valence-electron chi connectivity index (χ3n) is 2.23. The molecule has 0 unspecified atom stereocenters. The van der Waals surface area contributed by atoms with E-state index in [1.807, 2.05) is 17.8 Å². The van der Waals surface area contributed by atoms with Crippen LogP contribution in [-0.4, -0.2) is 12.1 Å². The van der Waals surface area contributed by atoms with E-state index in [1.54, 1.807) is 18.4 Å². The average molecular weight is 265 g/mol. The third-order valence-corrected chi connectivity index (χ3v) is 4.14. The minimum absolute atomic E-state index is 0.619. The molecule has 0 amide bonds. The van der Waals surface area contributed by atoms with Gasteiger partial charge in [-0.15, -0.1) is 11.3 Å². The normalized spacial score (nSPS) is 10.6. The molecule has 1 aromatic heterocycles. The van der Waals surface area contributed by atoms with E-state index in [1.165, 1.54) is 5.56 Å². The standard InChI is InChI=1S/C13H15NOS2/c1-15-7-13-14-12(10-17-13)9-16-8-11-5-3-2-4-6-11/h2-6,10H,7-9H2,1H3. The highest BCUT2D eigenvalue weighted by molar-refractivity contribution is 7.97. The monoisotopic (exact) mass is 265 g/mol. The van der Waals surface area contributed by atoms with Gasteiger partial charge in [0.2, 0.25) is 0 Å². The number of hydrogen-bond donors (Lipinski definition) is 0. The maximum absolute atomic E-state index is 5.06. The zero-order valence-electron chi connectivity index (χ0n) is 9.76. The lowest BCUT2D eigenvalue weighted by atomic mass is 10.2. The Bertz CT molecular complexity index is 442. The summed E-state index contributed by atoms with van der Waals surface area (Å²) in [5.74, 6) is 2.01. The van der Waals surface area contributed by atoms with Gasteiger partial charge in [-0.1, -0.05) is 30.3 Å². The minimum Gasteiger partial charge on any atom is -0.378 e. The van der Waals surface area contributed by atoms with Crippen LogP contribution in [0.25, 0.3) is 0 Å². The maximum atomic E-state index is 5.06. The Labute approximate surface area is 110 Å². The zero-order chi connectivity index (χ0) is 11.9. The van der Waals surface area contributed by atoms with Gasteiger partial charge in [0.15, 0.2) is 0 Å². The molecule has 0 aliphatic carbocycles. The van der Waals surface area contributed by atoms with Crippen LogP contribution in [0.2, 0.25) is 0 Å². The lowest BCUT2D eigenvalue weighted by molar-refractivity contribution is 0.184. The summed E-state index contributed by atoms with van der Waals surface area (Å²) in [5.41, 5.74) is 2.52. The van der Waals surface area contributed by atoms with Gasteiger partial charge in [-0.2, -0.15) is 11.8 Å². The zero-order valence-corrected chi connectivity index (χ0v) is 11.4. The summed E-state index contributed by atoms with van der Waals surface area (Å²) >= 11 is 3.57. The Balaban J connectivity index is 1.78. The van der Waals surface area contributed by atoms with Crippen LogP contribution in [0.5, 0.6) is 0 Å². The molecule has 4 heteroatoms. The molecule has 17 heavy (non-hydrogen) atoms. The molecule has 0 saturated heterocycles. The maximum Gasteiger partial charge on any atom is 0.119 e. The van der Waals surface area contributed by atoms with Gasteiger partial charge in [0, 0.05) is 24.0 Å². The largest absolute Gasteiger partial charge is 0.378 e. The third kappa shape index (κ3) is 4.15. The topological polar surface area (TPSA) is 22.1 Å². The summed E-state index contributed by atoms with van der Waals surface area (Å²) in [6, 6.07) is 10.5. The lowest BCUT2D eigenvalue weighted by Crippen LogP contribution is -1.88. The first-order valence-electron chi connectivity index (χ1n) is 5.42. The highest BCUT2D eigenvalue weighted by Crippen LogP contribution is 2.19. The molecule has 0 saturated carbocycles. The smallest absolute Gasteiger partial charge is 0.119 e. The fourth-order valence-electron chi connectivity index (χ4n) is 1.45. The molecule has 1 aromatic carbocycles. The van der Waals surface area contributed by atoms with Crippen LogP contribution < -0.4 is 0 Å². The second-order valence-electron chi connectivity index (χ2n) is 3.64. The second-order valence-corrected chi connectivity index (χ2v) is 5.57. The fraction of sp³-hybridized carbons (Fsp3) is 0.308. The van der Waals surface area contributed by atoms with Crippen molar-refractivity contribution in [3.63, 3.8) is 0 Å². The lowest BCUT2D eigenvalue weighted by Gasteiger charge is -1.99. The van der Waals surface area contributed by atoms with Gasteiger partial charge in [0.1, 0.15) is 5.01 Å². The van der Waals surface area contributed by atoms with Crippen LogP contribution in [0.3, 0.4) is 0 Å². The molecule has 0 radical (unpaired) electrons. The van der Waals surface area contributed by atoms with Crippen molar-refractivity contribution in [3.05, 3.63) is 52.0 Å². The first-order chi connectivity index (χ1) is 8.38. The molecule has 0 fully saturated rings. The molecule has 0 aliphatic rings. The van der Waals surface area contributed by atoms with Gasteiger partial charge in [-0.25, -0.2) is 4.98 Å². The van der Waals surface area contributed by atoms with Gasteiger partial charge in [0.05, 0.1) is 12.3 Å². The molecule has 0 N–H and O–H groups in total. The summed E-state index contributed by atoms with van der Waals surface area (Å²) < 4.78 is 5.06. The molecule has 2 rings (SSSR count). The van der Waals surface area contributed by atoms with Crippen molar-refractivity contribution in [2.75, 3.05) is 7.11 Å². The van der Waals surface area contributed by atoms with Gasteiger partial charge >= 0.3 is 0 Å². The van der Waals surface area contributed by atoms with Gasteiger partial charge in [0.25, 0.3) is 0 Å². The van der Waals surface area contributed by atoms with E-state index in [2.05, 4.69) is 34.6 Å². The van der Waals surface area contributed by atoms with Crippen molar-refractivity contribution in [2.24, 2.45) is 0 Å². The number of thioether (sulfide) groups is 1. The van der Waals surface area contributed by atoms with Gasteiger partial charge in [-0.3, -0.25) is 0 Å². The number of aromatic nitrogens is 1. The van der Waals surface area contributed by atoms with Gasteiger partial charge < -0.3 is 4.74 Å². The van der Waals surface area contributed by atoms with E-state index < -0.39 is 0 Å². The molecule has 0 atom stereocenters. The first-order valence-corrected chi connectivity index (χ1v) is 7.46. The quantitative estimate of drug-likeness (QED) is 0.794. The fourth-order valence-corrected chi connectivity index (χ4v) is 3.21. The predicted octanol–water partition coefficient (Wildman–Crippen LogP) is 3.72. The summed E-state index contributed by atoms with van der Waals surface area (Å²) in [6.45, 7) is 0.619. The Morgan fingerprint density at radius 3 is 2.82 bits per heavy atom. The molecule has 1 heterocycles. The van der Waals surface area contributed by atoms with Gasteiger partial charge in [-0.05, 0) is 5.56 Å². The molecule has 2 aromatic rings. The number of hydrogen-bond acceptors (Lipinski definition) is 4. The van der Waals surface area contributed by atoms with Crippen LogP contribution in [-0.2, 0) is 22.8 Å². The minimum atomic E-state index is 0.619. The van der Waals surface area contributed by atoms with E-state index >= 15 is 0 Å². The SMILES string of the molecule is COCc1nc(CSCc2ccccc2)cs1. The highest BCUT2D eigenvalue weighted by atomic mass is 32.2. The van der Waals surface area contributed by atoms with Crippen molar-refractivity contribution < 1.29 is 4.74 Å². The molecular weight excluding hydrogens is 250 g/mol. The molecular formula is C13H15NOS2. The van der Waals surface area contributed by atoms with E-state index in [9.17, 15) is 0 Å². The number of methoxy groups -OCH3 is 1. The Morgan fingerprint density at radius 2 is 2.06 bits per heavy atom. The van der Waals surface area contributed by atoms with Crippen molar-refractivity contribution in [3.8, 4) is 0 Å². The number of rotatable bonds is 6. The molecule has 0 aliphatic heterocycles. The predicted molar refractivity (Wildman–Crippen MR) is 74.3 cm³/mol. The van der Waals surface area contributed by atoms with Crippen molar-refractivity contribution >= 4 is 23.1 Å². The van der Waals surface area contributed by atoms with Crippen LogP contribution >= 0.6 is 23.1 Å². The van der Waals surface area contributed by atoms with Crippen LogP contribution in [0.1, 0.15) is 16.3 Å². The van der Waals surface area contributed by atoms with Crippen LogP contribution in [0.4, 0.5) is 0 Å².